The molecular weight excluding hydrogens is 743 g/mol. The molecule has 288 valence electrons. The molecule has 1 aromatic heterocycles. The fraction of sp³-hybridized carbons (Fsp3) is 0.321. The number of H-pyrrole nitrogens is 1. The van der Waals surface area contributed by atoms with Crippen LogP contribution in [0.3, 0.4) is 0 Å². The van der Waals surface area contributed by atoms with Gasteiger partial charge in [0, 0.05) is 36.5 Å². The minimum atomic E-state index is -5.08. The van der Waals surface area contributed by atoms with Crippen molar-refractivity contribution in [3.05, 3.63) is 66.0 Å². The van der Waals surface area contributed by atoms with E-state index in [0.29, 0.717) is 48.3 Å². The zero-order chi connectivity index (χ0) is 40.2. The van der Waals surface area contributed by atoms with Crippen LogP contribution in [-0.2, 0) is 19.2 Å². The molecule has 1 aliphatic rings. The number of nitrogens with two attached hydrogens (primary N) is 1. The van der Waals surface area contributed by atoms with Crippen molar-refractivity contribution in [3.63, 3.8) is 0 Å². The minimum Gasteiger partial charge on any atom is -0.475 e. The average Bonchev–Trinajstić information content (AvgIpc) is 3.56. The van der Waals surface area contributed by atoms with Crippen LogP contribution in [-0.4, -0.2) is 92.2 Å². The largest absolute Gasteiger partial charge is 0.490 e. The standard InChI is InChI=1S/C22H23F2N5O2.3C2HF3O2/c23-15-3-1-13(2-4-15)21(25)22(31)28-19-10-18(24)17(14-11-26-27-12-14)9-20(19)29-7-5-16(30)6-8-29;3*3-2(4,5)1(6)7/h1-4,9-12,16,21,30H,5-8,25H2,(H,26,27)(H,28,31);3*(H,6,7)/t21-;;;/m1.../s1. The fourth-order valence-corrected chi connectivity index (χ4v) is 3.68. The first-order valence-corrected chi connectivity index (χ1v) is 13.7. The monoisotopic (exact) mass is 769 g/mol. The van der Waals surface area contributed by atoms with E-state index < -0.39 is 60.0 Å². The number of alkyl halides is 9. The van der Waals surface area contributed by atoms with Crippen molar-refractivity contribution in [2.45, 2.75) is 43.5 Å². The fourth-order valence-electron chi connectivity index (χ4n) is 3.68. The van der Waals surface area contributed by atoms with Crippen LogP contribution in [0.15, 0.2) is 48.8 Å². The third-order valence-corrected chi connectivity index (χ3v) is 6.20. The number of aromatic amines is 1. The Kier molecular flexibility index (Phi) is 16.0. The number of carbonyl (C=O) groups is 4. The van der Waals surface area contributed by atoms with E-state index in [1.54, 1.807) is 12.3 Å². The highest BCUT2D eigenvalue weighted by Gasteiger charge is 2.39. The topological polar surface area (TPSA) is 219 Å². The molecule has 0 bridgehead atoms. The van der Waals surface area contributed by atoms with Gasteiger partial charge >= 0.3 is 36.4 Å². The number of aliphatic hydroxyl groups excluding tert-OH is 1. The predicted molar refractivity (Wildman–Crippen MR) is 154 cm³/mol. The second-order valence-corrected chi connectivity index (χ2v) is 9.98. The Morgan fingerprint density at radius 2 is 1.27 bits per heavy atom. The zero-order valence-electron chi connectivity index (χ0n) is 25.7. The lowest BCUT2D eigenvalue weighted by molar-refractivity contribution is -0.193. The number of benzene rings is 2. The van der Waals surface area contributed by atoms with Crippen molar-refractivity contribution < 1.29 is 87.9 Å². The van der Waals surface area contributed by atoms with Crippen LogP contribution >= 0.6 is 0 Å². The van der Waals surface area contributed by atoms with Crippen LogP contribution in [0.4, 0.5) is 59.7 Å². The van der Waals surface area contributed by atoms with E-state index in [1.807, 2.05) is 4.90 Å². The number of nitrogens with one attached hydrogen (secondary N) is 2. The van der Waals surface area contributed by atoms with E-state index in [2.05, 4.69) is 15.5 Å². The number of hydrogen-bond acceptors (Lipinski definition) is 8. The molecule has 1 aliphatic heterocycles. The van der Waals surface area contributed by atoms with E-state index >= 15 is 0 Å². The number of aliphatic hydroxyl groups is 1. The lowest BCUT2D eigenvalue weighted by atomic mass is 10.0. The van der Waals surface area contributed by atoms with Gasteiger partial charge in [0.1, 0.15) is 17.7 Å². The molecule has 1 saturated heterocycles. The highest BCUT2D eigenvalue weighted by Crippen LogP contribution is 2.36. The van der Waals surface area contributed by atoms with Gasteiger partial charge in [-0.3, -0.25) is 9.89 Å². The second-order valence-electron chi connectivity index (χ2n) is 9.98. The van der Waals surface area contributed by atoms with Crippen LogP contribution in [0.2, 0.25) is 0 Å². The smallest absolute Gasteiger partial charge is 0.475 e. The molecule has 2 heterocycles. The van der Waals surface area contributed by atoms with E-state index in [4.69, 9.17) is 35.4 Å². The number of hydrogen-bond donors (Lipinski definition) is 7. The molecule has 13 nitrogen and oxygen atoms in total. The van der Waals surface area contributed by atoms with Crippen molar-refractivity contribution >= 4 is 35.2 Å². The number of carboxylic acid groups (broad SMARTS) is 3. The quantitative estimate of drug-likeness (QED) is 0.174. The zero-order valence-corrected chi connectivity index (χ0v) is 25.7. The summed E-state index contributed by atoms with van der Waals surface area (Å²) in [6.45, 7) is 1.12. The highest BCUT2D eigenvalue weighted by atomic mass is 19.4. The lowest BCUT2D eigenvalue weighted by Gasteiger charge is -2.33. The van der Waals surface area contributed by atoms with Crippen LogP contribution < -0.4 is 16.0 Å². The summed E-state index contributed by atoms with van der Waals surface area (Å²) >= 11 is 0. The summed E-state index contributed by atoms with van der Waals surface area (Å²) in [7, 11) is 0. The van der Waals surface area contributed by atoms with Crippen molar-refractivity contribution in [1.29, 1.82) is 0 Å². The Balaban J connectivity index is 0.000000525. The van der Waals surface area contributed by atoms with E-state index in [-0.39, 0.29) is 11.8 Å². The van der Waals surface area contributed by atoms with Gasteiger partial charge in [0.05, 0.1) is 23.7 Å². The Bertz CT molecular complexity index is 1580. The van der Waals surface area contributed by atoms with E-state index in [0.717, 1.165) is 0 Å². The number of aliphatic carboxylic acids is 3. The van der Waals surface area contributed by atoms with Crippen molar-refractivity contribution in [2.24, 2.45) is 5.73 Å². The van der Waals surface area contributed by atoms with Gasteiger partial charge in [0.15, 0.2) is 0 Å². The van der Waals surface area contributed by atoms with Gasteiger partial charge < -0.3 is 36.4 Å². The molecule has 1 atom stereocenters. The Morgan fingerprint density at radius 1 is 0.827 bits per heavy atom. The number of carboxylic acids is 3. The molecule has 1 fully saturated rings. The van der Waals surface area contributed by atoms with E-state index in [1.165, 1.54) is 36.5 Å². The minimum absolute atomic E-state index is 0.281. The van der Waals surface area contributed by atoms with Gasteiger partial charge in [-0.15, -0.1) is 0 Å². The SMILES string of the molecule is N[C@@H](C(=O)Nc1cc(F)c(-c2cn[nH]c2)cc1N1CCC(O)CC1)c1ccc(F)cc1.O=C(O)C(F)(F)F.O=C(O)C(F)(F)F.O=C(O)C(F)(F)F. The summed E-state index contributed by atoms with van der Waals surface area (Å²) in [5, 5.41) is 40.5. The van der Waals surface area contributed by atoms with E-state index in [9.17, 15) is 58.2 Å². The van der Waals surface area contributed by atoms with Gasteiger partial charge in [0.2, 0.25) is 5.91 Å². The van der Waals surface area contributed by atoms with Gasteiger partial charge in [0.25, 0.3) is 0 Å². The van der Waals surface area contributed by atoms with Crippen molar-refractivity contribution in [3.8, 4) is 11.1 Å². The summed E-state index contributed by atoms with van der Waals surface area (Å²) in [6, 6.07) is 7.21. The van der Waals surface area contributed by atoms with Crippen LogP contribution in [0.25, 0.3) is 11.1 Å². The Hall–Kier alpha value is -5.52. The lowest BCUT2D eigenvalue weighted by Crippen LogP contribution is -2.37. The highest BCUT2D eigenvalue weighted by molar-refractivity contribution is 5.99. The van der Waals surface area contributed by atoms with Crippen LogP contribution in [0, 0.1) is 11.6 Å². The molecular formula is C28H26F11N5O8. The Labute approximate surface area is 283 Å². The summed E-state index contributed by atoms with van der Waals surface area (Å²) < 4.78 is 123. The Morgan fingerprint density at radius 3 is 1.65 bits per heavy atom. The molecule has 3 aromatic rings. The first-order chi connectivity index (χ1) is 23.7. The normalized spacial score (nSPS) is 13.9. The number of rotatable bonds is 5. The number of amides is 1. The molecule has 4 rings (SSSR count). The third-order valence-electron chi connectivity index (χ3n) is 6.20. The molecule has 24 heteroatoms. The summed E-state index contributed by atoms with van der Waals surface area (Å²) in [5.74, 6) is -9.76. The number of piperidine rings is 1. The van der Waals surface area contributed by atoms with Crippen molar-refractivity contribution in [1.82, 2.24) is 10.2 Å². The molecule has 0 spiro atoms. The third kappa shape index (κ3) is 14.8. The maximum atomic E-state index is 14.9. The van der Waals surface area contributed by atoms with Gasteiger partial charge in [-0.2, -0.15) is 44.6 Å². The van der Waals surface area contributed by atoms with Gasteiger partial charge in [-0.05, 0) is 36.6 Å². The average molecular weight is 770 g/mol. The molecule has 2 aromatic carbocycles. The van der Waals surface area contributed by atoms with Crippen LogP contribution in [0.1, 0.15) is 24.4 Å². The van der Waals surface area contributed by atoms with Gasteiger partial charge in [-0.25, -0.2) is 23.2 Å². The second kappa shape index (κ2) is 18.6. The number of aromatic nitrogens is 2. The molecule has 1 amide bonds. The predicted octanol–water partition coefficient (Wildman–Crippen LogP) is 4.85. The summed E-state index contributed by atoms with van der Waals surface area (Å²) in [6.07, 6.45) is -11.4. The molecule has 0 unspecified atom stereocenters. The number of nitrogens with zero attached hydrogens (tertiary/aromatic N) is 2. The number of carbonyl (C=O) groups excluding carboxylic acids is 1. The summed E-state index contributed by atoms with van der Waals surface area (Å²) in [5.41, 5.74) is 8.32. The molecule has 8 N–H and O–H groups in total. The van der Waals surface area contributed by atoms with Crippen LogP contribution in [0.5, 0.6) is 0 Å². The number of halogens is 11. The summed E-state index contributed by atoms with van der Waals surface area (Å²) in [4.78, 5) is 41.5. The molecule has 0 saturated carbocycles. The molecule has 0 radical (unpaired) electrons. The number of anilines is 2. The van der Waals surface area contributed by atoms with Gasteiger partial charge in [-0.1, -0.05) is 12.1 Å². The first kappa shape index (κ1) is 44.5. The maximum absolute atomic E-state index is 14.9. The maximum Gasteiger partial charge on any atom is 0.490 e. The first-order valence-electron chi connectivity index (χ1n) is 13.7. The van der Waals surface area contributed by atoms with Crippen molar-refractivity contribution in [2.75, 3.05) is 23.3 Å². The molecule has 0 aliphatic carbocycles. The molecule has 52 heavy (non-hydrogen) atoms.